The van der Waals surface area contributed by atoms with Crippen LogP contribution in [0, 0.1) is 5.92 Å². The fraction of sp³-hybridized carbons (Fsp3) is 1.00. The molecule has 4 atom stereocenters. The molecule has 1 saturated heterocycles. The van der Waals surface area contributed by atoms with E-state index >= 15 is 0 Å². The second-order valence-corrected chi connectivity index (χ2v) is 4.49. The number of hydrogen-bond donors (Lipinski definition) is 4. The molecule has 2 fully saturated rings. The molecule has 0 aromatic rings. The zero-order valence-electron chi connectivity index (χ0n) is 8.67. The van der Waals surface area contributed by atoms with Crippen molar-refractivity contribution in [3.63, 3.8) is 0 Å². The minimum atomic E-state index is -1.000. The van der Waals surface area contributed by atoms with Crippen molar-refractivity contribution >= 4 is 0 Å². The van der Waals surface area contributed by atoms with Gasteiger partial charge in [0.1, 0.15) is 18.3 Å². The van der Waals surface area contributed by atoms with Crippen molar-refractivity contribution in [2.24, 2.45) is 5.92 Å². The van der Waals surface area contributed by atoms with E-state index < -0.39 is 18.3 Å². The molecule has 1 heterocycles. The molecule has 2 rings (SSSR count). The van der Waals surface area contributed by atoms with Crippen molar-refractivity contribution < 1.29 is 20.1 Å². The molecule has 1 aliphatic heterocycles. The Morgan fingerprint density at radius 2 is 1.93 bits per heavy atom. The van der Waals surface area contributed by atoms with Gasteiger partial charge in [-0.3, -0.25) is 0 Å². The van der Waals surface area contributed by atoms with Gasteiger partial charge in [-0.25, -0.2) is 0 Å². The molecule has 2 aliphatic rings. The second kappa shape index (κ2) is 4.76. The Balaban J connectivity index is 1.79. The lowest BCUT2D eigenvalue weighted by Gasteiger charge is -2.37. The van der Waals surface area contributed by atoms with Crippen LogP contribution in [-0.2, 0) is 4.74 Å². The van der Waals surface area contributed by atoms with Gasteiger partial charge in [-0.1, -0.05) is 0 Å². The highest BCUT2D eigenvalue weighted by Crippen LogP contribution is 2.28. The summed E-state index contributed by atoms with van der Waals surface area (Å²) in [5.41, 5.74) is 0. The number of ether oxygens (including phenoxy) is 1. The maximum atomic E-state index is 9.77. The van der Waals surface area contributed by atoms with Crippen molar-refractivity contribution in [1.82, 2.24) is 5.32 Å². The molecule has 88 valence electrons. The van der Waals surface area contributed by atoms with Gasteiger partial charge >= 0.3 is 0 Å². The van der Waals surface area contributed by atoms with E-state index in [4.69, 9.17) is 9.84 Å². The number of aliphatic hydroxyl groups is 3. The van der Waals surface area contributed by atoms with E-state index in [1.54, 1.807) is 0 Å². The highest BCUT2D eigenvalue weighted by molar-refractivity contribution is 4.91. The average Bonchev–Trinajstić information content (AvgIpc) is 3.04. The van der Waals surface area contributed by atoms with E-state index in [2.05, 4.69) is 5.32 Å². The molecule has 0 spiro atoms. The molecule has 0 bridgehead atoms. The third-order valence-electron chi connectivity index (χ3n) is 3.18. The van der Waals surface area contributed by atoms with Crippen LogP contribution in [0.2, 0.25) is 0 Å². The number of hydrogen-bond acceptors (Lipinski definition) is 5. The summed E-state index contributed by atoms with van der Waals surface area (Å²) in [7, 11) is 0. The number of aliphatic hydroxyl groups excluding tert-OH is 3. The van der Waals surface area contributed by atoms with E-state index in [1.165, 1.54) is 12.8 Å². The van der Waals surface area contributed by atoms with E-state index in [1.807, 2.05) is 0 Å². The molecule has 0 radical (unpaired) electrons. The van der Waals surface area contributed by atoms with Gasteiger partial charge in [-0.2, -0.15) is 0 Å². The molecule has 1 aliphatic carbocycles. The summed E-state index contributed by atoms with van der Waals surface area (Å²) < 4.78 is 5.25. The van der Waals surface area contributed by atoms with Crippen molar-refractivity contribution in [2.75, 3.05) is 19.8 Å². The van der Waals surface area contributed by atoms with Crippen LogP contribution >= 0.6 is 0 Å². The summed E-state index contributed by atoms with van der Waals surface area (Å²) in [5, 5.41) is 31.5. The topological polar surface area (TPSA) is 82.0 Å². The first-order chi connectivity index (χ1) is 7.22. The van der Waals surface area contributed by atoms with Crippen LogP contribution in [0.4, 0.5) is 0 Å². The summed E-state index contributed by atoms with van der Waals surface area (Å²) in [5.74, 6) is 0.727. The van der Waals surface area contributed by atoms with Crippen LogP contribution < -0.4 is 5.32 Å². The summed E-state index contributed by atoms with van der Waals surface area (Å²) in [6, 6.07) is -0.219. The second-order valence-electron chi connectivity index (χ2n) is 4.49. The van der Waals surface area contributed by atoms with Gasteiger partial charge in [0.25, 0.3) is 0 Å². The molecule has 15 heavy (non-hydrogen) atoms. The van der Waals surface area contributed by atoms with Crippen molar-refractivity contribution in [3.05, 3.63) is 0 Å². The van der Waals surface area contributed by atoms with Crippen molar-refractivity contribution in [3.8, 4) is 0 Å². The standard InChI is InChI=1S/C10H19NO4/c12-4-8-10(14)9(13)7(5-15-8)11-3-6-1-2-6/h6-14H,1-5H2/t7-,8+,9+,10-/m0/s1. The van der Waals surface area contributed by atoms with E-state index in [0.29, 0.717) is 6.61 Å². The smallest absolute Gasteiger partial charge is 0.110 e. The Kier molecular flexibility index (Phi) is 3.58. The number of rotatable bonds is 4. The zero-order valence-corrected chi connectivity index (χ0v) is 8.67. The molecule has 5 nitrogen and oxygen atoms in total. The van der Waals surface area contributed by atoms with Crippen LogP contribution in [0.25, 0.3) is 0 Å². The summed E-state index contributed by atoms with van der Waals surface area (Å²) >= 11 is 0. The maximum Gasteiger partial charge on any atom is 0.110 e. The third kappa shape index (κ3) is 2.68. The Bertz CT molecular complexity index is 210. The van der Waals surface area contributed by atoms with Crippen LogP contribution in [-0.4, -0.2) is 59.4 Å². The molecule has 0 aromatic heterocycles. The van der Waals surface area contributed by atoms with E-state index in [0.717, 1.165) is 12.5 Å². The first-order valence-electron chi connectivity index (χ1n) is 5.54. The van der Waals surface area contributed by atoms with Gasteiger partial charge in [-0.15, -0.1) is 0 Å². The minimum absolute atomic E-state index is 0.219. The lowest BCUT2D eigenvalue weighted by molar-refractivity contribution is -0.161. The molecular formula is C10H19NO4. The minimum Gasteiger partial charge on any atom is -0.394 e. The van der Waals surface area contributed by atoms with Gasteiger partial charge in [-0.05, 0) is 25.3 Å². The fourth-order valence-corrected chi connectivity index (χ4v) is 1.86. The molecule has 0 unspecified atom stereocenters. The third-order valence-corrected chi connectivity index (χ3v) is 3.18. The Labute approximate surface area is 89.1 Å². The molecular weight excluding hydrogens is 198 g/mol. The largest absolute Gasteiger partial charge is 0.394 e. The van der Waals surface area contributed by atoms with Crippen molar-refractivity contribution in [1.29, 1.82) is 0 Å². The summed E-state index contributed by atoms with van der Waals surface area (Å²) in [6.45, 7) is 0.964. The maximum absolute atomic E-state index is 9.77. The number of nitrogens with one attached hydrogen (secondary N) is 1. The summed E-state index contributed by atoms with van der Waals surface area (Å²) in [4.78, 5) is 0. The average molecular weight is 217 g/mol. The SMILES string of the molecule is OC[C@H]1OC[C@H](NCC2CC2)[C@@H](O)[C@H]1O. The van der Waals surface area contributed by atoms with Crippen LogP contribution in [0.15, 0.2) is 0 Å². The van der Waals surface area contributed by atoms with Gasteiger partial charge in [0, 0.05) is 0 Å². The molecule has 4 N–H and O–H groups in total. The van der Waals surface area contributed by atoms with Gasteiger partial charge in [0.05, 0.1) is 19.3 Å². The molecule has 0 aromatic carbocycles. The first-order valence-corrected chi connectivity index (χ1v) is 5.54. The monoisotopic (exact) mass is 217 g/mol. The van der Waals surface area contributed by atoms with Crippen LogP contribution in [0.1, 0.15) is 12.8 Å². The summed E-state index contributed by atoms with van der Waals surface area (Å²) in [6.07, 6.45) is -0.00848. The Hall–Kier alpha value is -0.200. The molecule has 1 saturated carbocycles. The Morgan fingerprint density at radius 1 is 1.20 bits per heavy atom. The lowest BCUT2D eigenvalue weighted by Crippen LogP contribution is -2.59. The first kappa shape index (κ1) is 11.3. The Morgan fingerprint density at radius 3 is 2.53 bits per heavy atom. The normalized spacial score (nSPS) is 41.8. The van der Waals surface area contributed by atoms with Gasteiger partial charge in [0.2, 0.25) is 0 Å². The predicted octanol–water partition coefficient (Wildman–Crippen LogP) is -1.53. The predicted molar refractivity (Wildman–Crippen MR) is 53.4 cm³/mol. The quantitative estimate of drug-likeness (QED) is 0.459. The highest BCUT2D eigenvalue weighted by atomic mass is 16.5. The van der Waals surface area contributed by atoms with E-state index in [-0.39, 0.29) is 12.6 Å². The van der Waals surface area contributed by atoms with Crippen LogP contribution in [0.3, 0.4) is 0 Å². The zero-order chi connectivity index (χ0) is 10.8. The molecule has 0 amide bonds. The molecule has 5 heteroatoms. The highest BCUT2D eigenvalue weighted by Gasteiger charge is 2.38. The lowest BCUT2D eigenvalue weighted by atomic mass is 9.98. The van der Waals surface area contributed by atoms with Crippen molar-refractivity contribution in [2.45, 2.75) is 37.2 Å². The van der Waals surface area contributed by atoms with E-state index in [9.17, 15) is 10.2 Å². The van der Waals surface area contributed by atoms with Crippen LogP contribution in [0.5, 0.6) is 0 Å². The van der Waals surface area contributed by atoms with Gasteiger partial charge < -0.3 is 25.4 Å². The van der Waals surface area contributed by atoms with Gasteiger partial charge in [0.15, 0.2) is 0 Å². The fourth-order valence-electron chi connectivity index (χ4n) is 1.86.